The summed E-state index contributed by atoms with van der Waals surface area (Å²) in [5.41, 5.74) is 0.916. The highest BCUT2D eigenvalue weighted by molar-refractivity contribution is 6.33. The summed E-state index contributed by atoms with van der Waals surface area (Å²) in [6.07, 6.45) is 0. The van der Waals surface area contributed by atoms with Crippen LogP contribution in [0.2, 0.25) is 5.02 Å². The van der Waals surface area contributed by atoms with Gasteiger partial charge in [-0.1, -0.05) is 17.7 Å². The van der Waals surface area contributed by atoms with Crippen molar-refractivity contribution in [1.29, 1.82) is 0 Å². The third-order valence-corrected chi connectivity index (χ3v) is 1.41. The molecule has 0 amide bonds. The van der Waals surface area contributed by atoms with Crippen LogP contribution in [0.1, 0.15) is 0 Å². The largest absolute Gasteiger partial charge is 0.387 e. The van der Waals surface area contributed by atoms with Crippen molar-refractivity contribution in [3.8, 4) is 0 Å². The molecule has 0 unspecified atom stereocenters. The van der Waals surface area contributed by atoms with Gasteiger partial charge in [0.05, 0.1) is 10.7 Å². The van der Waals surface area contributed by atoms with E-state index in [1.54, 1.807) is 12.1 Å². The molecule has 0 saturated carbocycles. The summed E-state index contributed by atoms with van der Waals surface area (Å²) in [7, 11) is 1.83. The molecule has 0 aliphatic carbocycles. The summed E-state index contributed by atoms with van der Waals surface area (Å²) < 4.78 is 0. The van der Waals surface area contributed by atoms with Gasteiger partial charge in [0, 0.05) is 7.05 Å². The predicted molar refractivity (Wildman–Crippen MR) is 39.8 cm³/mol. The van der Waals surface area contributed by atoms with E-state index >= 15 is 0 Å². The molecule has 0 aromatic heterocycles. The molecule has 0 fully saturated rings. The Hall–Kier alpha value is -0.690. The maximum atomic E-state index is 5.74. The molecule has 0 bridgehead atoms. The van der Waals surface area contributed by atoms with Gasteiger partial charge in [-0.05, 0) is 18.2 Å². The van der Waals surface area contributed by atoms with Crippen molar-refractivity contribution in [3.05, 3.63) is 29.3 Å². The molecule has 1 nitrogen and oxygen atoms in total. The van der Waals surface area contributed by atoms with E-state index in [0.29, 0.717) is 0 Å². The average molecular weight is 141 g/mol. The van der Waals surface area contributed by atoms with Crippen LogP contribution in [0, 0.1) is 6.07 Å². The van der Waals surface area contributed by atoms with Gasteiger partial charge in [0.25, 0.3) is 0 Å². The number of rotatable bonds is 1. The Morgan fingerprint density at radius 1 is 1.67 bits per heavy atom. The molecule has 2 heteroatoms. The van der Waals surface area contributed by atoms with Gasteiger partial charge < -0.3 is 5.32 Å². The van der Waals surface area contributed by atoms with Gasteiger partial charge in [0.2, 0.25) is 0 Å². The number of anilines is 1. The van der Waals surface area contributed by atoms with E-state index in [-0.39, 0.29) is 0 Å². The van der Waals surface area contributed by atoms with Gasteiger partial charge in [-0.15, -0.1) is 0 Å². The van der Waals surface area contributed by atoms with Crippen molar-refractivity contribution >= 4 is 17.3 Å². The predicted octanol–water partition coefficient (Wildman–Crippen LogP) is 2.18. The lowest BCUT2D eigenvalue weighted by atomic mass is 10.3. The summed E-state index contributed by atoms with van der Waals surface area (Å²) in [5, 5.41) is 3.66. The van der Waals surface area contributed by atoms with Crippen LogP contribution in [0.3, 0.4) is 0 Å². The molecule has 0 heterocycles. The zero-order chi connectivity index (χ0) is 6.69. The highest BCUT2D eigenvalue weighted by atomic mass is 35.5. The van der Waals surface area contributed by atoms with Crippen molar-refractivity contribution in [3.63, 3.8) is 0 Å². The summed E-state index contributed by atoms with van der Waals surface area (Å²) in [5.74, 6) is 0. The average Bonchev–Trinajstić information content (AvgIpc) is 1.89. The summed E-state index contributed by atoms with van der Waals surface area (Å²) in [4.78, 5) is 0. The molecule has 0 saturated heterocycles. The summed E-state index contributed by atoms with van der Waals surface area (Å²) in [6, 6.07) is 8.29. The lowest BCUT2D eigenvalue weighted by Crippen LogP contribution is -1.86. The van der Waals surface area contributed by atoms with Crippen LogP contribution in [-0.2, 0) is 0 Å². The SMILES string of the molecule is CNc1c[c]ccc1Cl. The van der Waals surface area contributed by atoms with Crippen molar-refractivity contribution < 1.29 is 0 Å². The first-order chi connectivity index (χ1) is 4.34. The molecule has 1 rings (SSSR count). The molecule has 0 aliphatic heterocycles. The fraction of sp³-hybridized carbons (Fsp3) is 0.143. The van der Waals surface area contributed by atoms with Crippen LogP contribution in [-0.4, -0.2) is 7.05 Å². The minimum atomic E-state index is 0.733. The van der Waals surface area contributed by atoms with Gasteiger partial charge in [-0.2, -0.15) is 0 Å². The number of halogens is 1. The van der Waals surface area contributed by atoms with Crippen LogP contribution in [0.5, 0.6) is 0 Å². The fourth-order valence-electron chi connectivity index (χ4n) is 0.603. The van der Waals surface area contributed by atoms with Crippen molar-refractivity contribution in [2.45, 2.75) is 0 Å². The smallest absolute Gasteiger partial charge is 0.0637 e. The Balaban J connectivity index is 3.01. The first-order valence-corrected chi connectivity index (χ1v) is 3.05. The van der Waals surface area contributed by atoms with Gasteiger partial charge >= 0.3 is 0 Å². The maximum absolute atomic E-state index is 5.74. The molecule has 1 aromatic carbocycles. The Morgan fingerprint density at radius 2 is 2.44 bits per heavy atom. The second-order valence-electron chi connectivity index (χ2n) is 1.66. The standard InChI is InChI=1S/C7H7ClN/c1-9-7-5-3-2-4-6(7)8/h2,4-5,9H,1H3. The van der Waals surface area contributed by atoms with E-state index < -0.39 is 0 Å². The first kappa shape index (κ1) is 6.43. The molecule has 9 heavy (non-hydrogen) atoms. The Bertz CT molecular complexity index is 198. The topological polar surface area (TPSA) is 12.0 Å². The van der Waals surface area contributed by atoms with Crippen LogP contribution in [0.15, 0.2) is 18.2 Å². The highest BCUT2D eigenvalue weighted by Crippen LogP contribution is 2.18. The molecule has 1 aromatic rings. The quantitative estimate of drug-likeness (QED) is 0.631. The molecule has 0 atom stereocenters. The van der Waals surface area contributed by atoms with E-state index in [9.17, 15) is 0 Å². The molecule has 1 radical (unpaired) electrons. The molecular weight excluding hydrogens is 134 g/mol. The normalized spacial score (nSPS) is 9.11. The Labute approximate surface area is 59.6 Å². The Morgan fingerprint density at radius 3 is 2.89 bits per heavy atom. The number of nitrogens with one attached hydrogen (secondary N) is 1. The third kappa shape index (κ3) is 1.36. The van der Waals surface area contributed by atoms with E-state index in [2.05, 4.69) is 11.4 Å². The van der Waals surface area contributed by atoms with Crippen molar-refractivity contribution in [2.75, 3.05) is 12.4 Å². The molecular formula is C7H7ClN. The second-order valence-corrected chi connectivity index (χ2v) is 2.06. The summed E-state index contributed by atoms with van der Waals surface area (Å²) >= 11 is 5.74. The first-order valence-electron chi connectivity index (χ1n) is 2.68. The van der Waals surface area contributed by atoms with Gasteiger partial charge in [-0.3, -0.25) is 0 Å². The molecule has 0 aliphatic rings. The van der Waals surface area contributed by atoms with Crippen LogP contribution < -0.4 is 5.32 Å². The van der Waals surface area contributed by atoms with Gasteiger partial charge in [-0.25, -0.2) is 0 Å². The number of benzene rings is 1. The van der Waals surface area contributed by atoms with E-state index in [1.807, 2.05) is 13.1 Å². The van der Waals surface area contributed by atoms with Gasteiger partial charge in [0.1, 0.15) is 0 Å². The lowest BCUT2D eigenvalue weighted by Gasteiger charge is -1.99. The Kier molecular flexibility index (Phi) is 1.96. The van der Waals surface area contributed by atoms with Crippen molar-refractivity contribution in [1.82, 2.24) is 0 Å². The van der Waals surface area contributed by atoms with Gasteiger partial charge in [0.15, 0.2) is 0 Å². The number of hydrogen-bond acceptors (Lipinski definition) is 1. The van der Waals surface area contributed by atoms with Crippen LogP contribution in [0.25, 0.3) is 0 Å². The highest BCUT2D eigenvalue weighted by Gasteiger charge is 1.91. The van der Waals surface area contributed by atoms with E-state index in [1.165, 1.54) is 0 Å². The second kappa shape index (κ2) is 2.74. The summed E-state index contributed by atoms with van der Waals surface area (Å²) in [6.45, 7) is 0. The maximum Gasteiger partial charge on any atom is 0.0637 e. The lowest BCUT2D eigenvalue weighted by molar-refractivity contribution is 1.51. The number of hydrogen-bond donors (Lipinski definition) is 1. The molecule has 0 spiro atoms. The zero-order valence-electron chi connectivity index (χ0n) is 5.11. The monoisotopic (exact) mass is 140 g/mol. The van der Waals surface area contributed by atoms with E-state index in [0.717, 1.165) is 10.7 Å². The fourth-order valence-corrected chi connectivity index (χ4v) is 0.815. The molecule has 1 N–H and O–H groups in total. The molecule has 47 valence electrons. The van der Waals surface area contributed by atoms with E-state index in [4.69, 9.17) is 11.6 Å². The zero-order valence-corrected chi connectivity index (χ0v) is 5.87. The van der Waals surface area contributed by atoms with Crippen LogP contribution >= 0.6 is 11.6 Å². The minimum Gasteiger partial charge on any atom is -0.387 e. The minimum absolute atomic E-state index is 0.733. The van der Waals surface area contributed by atoms with Crippen molar-refractivity contribution in [2.24, 2.45) is 0 Å². The van der Waals surface area contributed by atoms with Crippen LogP contribution in [0.4, 0.5) is 5.69 Å². The third-order valence-electron chi connectivity index (χ3n) is 1.08.